The molecule has 0 N–H and O–H groups in total. The van der Waals surface area contributed by atoms with E-state index in [9.17, 15) is 0 Å². The fraction of sp³-hybridized carbons (Fsp3) is 0.119. The Bertz CT molecular complexity index is 2350. The summed E-state index contributed by atoms with van der Waals surface area (Å²) in [5.41, 5.74) is 11.3. The lowest BCUT2D eigenvalue weighted by atomic mass is 9.86. The third-order valence-electron chi connectivity index (χ3n) is 9.49. The molecule has 0 fully saturated rings. The van der Waals surface area contributed by atoms with Crippen molar-refractivity contribution >= 4 is 34.1 Å². The molecule has 2 unspecified atom stereocenters. The summed E-state index contributed by atoms with van der Waals surface area (Å²) in [6.07, 6.45) is 10.8. The van der Waals surface area contributed by atoms with Gasteiger partial charge in [0.2, 0.25) is 0 Å². The van der Waals surface area contributed by atoms with Gasteiger partial charge in [-0.3, -0.25) is 0 Å². The molecule has 4 nitrogen and oxygen atoms in total. The topological polar surface area (TPSA) is 51.8 Å². The lowest BCUT2D eigenvalue weighted by Gasteiger charge is -2.21. The van der Waals surface area contributed by atoms with Gasteiger partial charge in [0.15, 0.2) is 11.6 Å². The summed E-state index contributed by atoms with van der Waals surface area (Å²) in [5.74, 6) is 2.61. The van der Waals surface area contributed by atoms with Crippen LogP contribution in [0.5, 0.6) is 0 Å². The first kappa shape index (κ1) is 26.8. The molecule has 4 heteroatoms. The molecule has 7 aromatic rings. The van der Waals surface area contributed by atoms with Gasteiger partial charge in [-0.05, 0) is 70.3 Å². The molecular formula is C42H31N3O. The maximum absolute atomic E-state index is 6.25. The zero-order valence-electron chi connectivity index (χ0n) is 25.5. The van der Waals surface area contributed by atoms with Gasteiger partial charge in [-0.25, -0.2) is 15.0 Å². The number of rotatable bonds is 4. The number of benzene rings is 5. The highest BCUT2D eigenvalue weighted by Gasteiger charge is 2.24. The molecule has 2 heterocycles. The van der Waals surface area contributed by atoms with E-state index in [4.69, 9.17) is 19.4 Å². The molecule has 0 spiro atoms. The summed E-state index contributed by atoms with van der Waals surface area (Å²) in [4.78, 5) is 15.6. The second-order valence-corrected chi connectivity index (χ2v) is 12.4. The molecular weight excluding hydrogens is 562 g/mol. The molecule has 46 heavy (non-hydrogen) atoms. The van der Waals surface area contributed by atoms with Gasteiger partial charge in [0.25, 0.3) is 0 Å². The fourth-order valence-corrected chi connectivity index (χ4v) is 7.04. The van der Waals surface area contributed by atoms with Crippen LogP contribution in [-0.4, -0.2) is 15.0 Å². The summed E-state index contributed by atoms with van der Waals surface area (Å²) in [6, 6.07) is 38.3. The van der Waals surface area contributed by atoms with Crippen LogP contribution in [0.1, 0.15) is 53.3 Å². The smallest absolute Gasteiger partial charge is 0.164 e. The summed E-state index contributed by atoms with van der Waals surface area (Å²) in [7, 11) is 0. The maximum Gasteiger partial charge on any atom is 0.164 e. The minimum atomic E-state index is 0.0128. The first-order valence-corrected chi connectivity index (χ1v) is 16.0. The Hall–Kier alpha value is -5.61. The fourth-order valence-electron chi connectivity index (χ4n) is 7.04. The Labute approximate surface area is 267 Å². The van der Waals surface area contributed by atoms with Gasteiger partial charge in [-0.2, -0.15) is 0 Å². The maximum atomic E-state index is 6.25. The highest BCUT2D eigenvalue weighted by atomic mass is 16.3. The van der Waals surface area contributed by atoms with E-state index in [1.54, 1.807) is 0 Å². The number of allylic oxidation sites excluding steroid dienone is 2. The molecule has 0 aliphatic heterocycles. The van der Waals surface area contributed by atoms with E-state index in [2.05, 4.69) is 116 Å². The molecule has 2 atom stereocenters. The van der Waals surface area contributed by atoms with Crippen LogP contribution in [0.2, 0.25) is 0 Å². The largest absolute Gasteiger partial charge is 0.456 e. The Morgan fingerprint density at radius 1 is 0.652 bits per heavy atom. The monoisotopic (exact) mass is 593 g/mol. The van der Waals surface area contributed by atoms with E-state index in [0.29, 0.717) is 17.6 Å². The van der Waals surface area contributed by atoms with Crippen LogP contribution in [0.4, 0.5) is 0 Å². The number of hydrogen-bond donors (Lipinski definition) is 0. The zero-order valence-corrected chi connectivity index (χ0v) is 25.5. The highest BCUT2D eigenvalue weighted by Crippen LogP contribution is 2.38. The minimum Gasteiger partial charge on any atom is -0.456 e. The zero-order chi connectivity index (χ0) is 30.6. The third-order valence-corrected chi connectivity index (χ3v) is 9.49. The van der Waals surface area contributed by atoms with Gasteiger partial charge in [0.1, 0.15) is 17.0 Å². The molecule has 0 saturated heterocycles. The molecule has 2 aliphatic carbocycles. The predicted octanol–water partition coefficient (Wildman–Crippen LogP) is 10.6. The normalized spacial score (nSPS) is 16.9. The molecule has 0 saturated carbocycles. The van der Waals surface area contributed by atoms with Crippen molar-refractivity contribution in [3.63, 3.8) is 0 Å². The standard InChI is InChI=1S/C42H31N3O/c1-26-9-7-12-29-19-22-32(25-36(26)29)41-43-40(31-21-18-28-17-20-30(23-33(28)24-31)27-10-3-2-4-11-27)44-42(45-41)35-14-8-16-38-39(35)34-13-5-6-15-37(34)46-38/h2-8,10-23,25-26,31H,9,24H2,1H3. The van der Waals surface area contributed by atoms with Crippen LogP contribution in [0.3, 0.4) is 0 Å². The van der Waals surface area contributed by atoms with Crippen molar-refractivity contribution in [2.45, 2.75) is 31.6 Å². The van der Waals surface area contributed by atoms with Crippen molar-refractivity contribution in [3.8, 4) is 33.9 Å². The number of nitrogens with zero attached hydrogens (tertiary/aromatic N) is 3. The van der Waals surface area contributed by atoms with E-state index in [1.165, 1.54) is 33.4 Å². The lowest BCUT2D eigenvalue weighted by Crippen LogP contribution is -2.12. The van der Waals surface area contributed by atoms with Crippen molar-refractivity contribution < 1.29 is 4.42 Å². The van der Waals surface area contributed by atoms with Crippen molar-refractivity contribution in [2.75, 3.05) is 0 Å². The molecule has 0 bridgehead atoms. The van der Waals surface area contributed by atoms with Crippen molar-refractivity contribution in [2.24, 2.45) is 0 Å². The summed E-state index contributed by atoms with van der Waals surface area (Å²) < 4.78 is 6.25. The Morgan fingerprint density at radius 3 is 2.39 bits per heavy atom. The first-order chi connectivity index (χ1) is 22.7. The first-order valence-electron chi connectivity index (χ1n) is 16.0. The Balaban J connectivity index is 1.20. The van der Waals surface area contributed by atoms with Gasteiger partial charge in [-0.1, -0.05) is 122 Å². The molecule has 2 aromatic heterocycles. The average molecular weight is 594 g/mol. The quantitative estimate of drug-likeness (QED) is 0.204. The number of hydrogen-bond acceptors (Lipinski definition) is 4. The number of fused-ring (bicyclic) bond motifs is 5. The van der Waals surface area contributed by atoms with Gasteiger partial charge < -0.3 is 4.42 Å². The van der Waals surface area contributed by atoms with E-state index in [0.717, 1.165) is 51.7 Å². The second kappa shape index (κ2) is 10.8. The third kappa shape index (κ3) is 4.57. The predicted molar refractivity (Wildman–Crippen MR) is 187 cm³/mol. The van der Waals surface area contributed by atoms with Gasteiger partial charge >= 0.3 is 0 Å². The van der Waals surface area contributed by atoms with Crippen LogP contribution in [0.15, 0.2) is 126 Å². The Morgan fingerprint density at radius 2 is 1.46 bits per heavy atom. The summed E-state index contributed by atoms with van der Waals surface area (Å²) in [6.45, 7) is 2.29. The van der Waals surface area contributed by atoms with Crippen LogP contribution in [0.25, 0.3) is 68.0 Å². The van der Waals surface area contributed by atoms with E-state index in [1.807, 2.05) is 24.3 Å². The summed E-state index contributed by atoms with van der Waals surface area (Å²) >= 11 is 0. The summed E-state index contributed by atoms with van der Waals surface area (Å²) in [5, 5.41) is 2.09. The van der Waals surface area contributed by atoms with Crippen LogP contribution in [0, 0.1) is 0 Å². The van der Waals surface area contributed by atoms with E-state index >= 15 is 0 Å². The molecule has 0 radical (unpaired) electrons. The minimum absolute atomic E-state index is 0.0128. The van der Waals surface area contributed by atoms with Gasteiger partial charge in [0, 0.05) is 27.8 Å². The number of furan rings is 1. The molecule has 220 valence electrons. The number of aromatic nitrogens is 3. The van der Waals surface area contributed by atoms with E-state index in [-0.39, 0.29) is 5.92 Å². The highest BCUT2D eigenvalue weighted by molar-refractivity contribution is 6.11. The molecule has 2 aliphatic rings. The molecule has 0 amide bonds. The van der Waals surface area contributed by atoms with Crippen molar-refractivity contribution in [1.82, 2.24) is 15.0 Å². The van der Waals surface area contributed by atoms with Crippen molar-refractivity contribution in [1.29, 1.82) is 0 Å². The molecule has 9 rings (SSSR count). The van der Waals surface area contributed by atoms with Crippen molar-refractivity contribution in [3.05, 3.63) is 149 Å². The molecule has 5 aromatic carbocycles. The Kier molecular flexibility index (Phi) is 6.27. The average Bonchev–Trinajstić information content (AvgIpc) is 3.50. The van der Waals surface area contributed by atoms with Gasteiger partial charge in [0.05, 0.1) is 0 Å². The van der Waals surface area contributed by atoms with Crippen LogP contribution < -0.4 is 0 Å². The number of para-hydroxylation sites is 1. The SMILES string of the molecule is CC1CC=Cc2ccc(-c3nc(-c4cccc5oc6ccccc6c45)nc(C4C=Cc5ccc(-c6ccccc6)cc5C4)n3)cc21. The van der Waals surface area contributed by atoms with Crippen LogP contribution in [-0.2, 0) is 6.42 Å². The second-order valence-electron chi connectivity index (χ2n) is 12.4. The van der Waals surface area contributed by atoms with Gasteiger partial charge in [-0.15, -0.1) is 0 Å². The van der Waals surface area contributed by atoms with E-state index < -0.39 is 0 Å². The van der Waals surface area contributed by atoms with Crippen LogP contribution >= 0.6 is 0 Å². The lowest BCUT2D eigenvalue weighted by molar-refractivity contribution is 0.669.